The molecule has 0 fully saturated rings. The van der Waals surface area contributed by atoms with Gasteiger partial charge in [0.15, 0.2) is 5.82 Å². The van der Waals surface area contributed by atoms with Crippen molar-refractivity contribution in [1.29, 1.82) is 0 Å². The van der Waals surface area contributed by atoms with Crippen LogP contribution in [0.15, 0.2) is 32.5 Å². The Morgan fingerprint density at radius 2 is 2.06 bits per heavy atom. The number of ketones is 1. The van der Waals surface area contributed by atoms with Gasteiger partial charge >= 0.3 is 0 Å². The molecule has 0 aliphatic heterocycles. The molecule has 1 aromatic heterocycles. The standard InChI is InChI=1S/C11H4Br2ClFOS/c12-5-3-8(17-4-5)11(16)6-1-2-7(13)9(14)10(6)15/h1-4H. The highest BCUT2D eigenvalue weighted by molar-refractivity contribution is 9.10. The summed E-state index contributed by atoms with van der Waals surface area (Å²) in [5.41, 5.74) is -0.0208. The number of thiophene rings is 1. The molecule has 0 aliphatic rings. The normalized spacial score (nSPS) is 10.6. The van der Waals surface area contributed by atoms with Crippen LogP contribution in [0.5, 0.6) is 0 Å². The van der Waals surface area contributed by atoms with Gasteiger partial charge in [-0.2, -0.15) is 0 Å². The Kier molecular flexibility index (Phi) is 4.02. The molecule has 0 aliphatic carbocycles. The van der Waals surface area contributed by atoms with Crippen LogP contribution >= 0.6 is 54.8 Å². The minimum atomic E-state index is -0.699. The van der Waals surface area contributed by atoms with E-state index in [4.69, 9.17) is 11.6 Å². The average molecular weight is 398 g/mol. The molecule has 1 aromatic carbocycles. The lowest BCUT2D eigenvalue weighted by Crippen LogP contribution is -2.02. The van der Waals surface area contributed by atoms with Crippen LogP contribution in [0.4, 0.5) is 4.39 Å². The lowest BCUT2D eigenvalue weighted by molar-refractivity contribution is 0.103. The fourth-order valence-corrected chi connectivity index (χ4v) is 3.12. The van der Waals surface area contributed by atoms with Crippen molar-refractivity contribution in [3.63, 3.8) is 0 Å². The number of carbonyl (C=O) groups is 1. The van der Waals surface area contributed by atoms with E-state index in [2.05, 4.69) is 31.9 Å². The van der Waals surface area contributed by atoms with Gasteiger partial charge in [0.1, 0.15) is 0 Å². The second-order valence-corrected chi connectivity index (χ2v) is 6.24. The van der Waals surface area contributed by atoms with Crippen molar-refractivity contribution in [2.24, 2.45) is 0 Å². The Balaban J connectivity index is 2.48. The molecular formula is C11H4Br2ClFOS. The van der Waals surface area contributed by atoms with Crippen LogP contribution in [0.1, 0.15) is 15.2 Å². The summed E-state index contributed by atoms with van der Waals surface area (Å²) in [6, 6.07) is 4.63. The number of benzene rings is 1. The first-order chi connectivity index (χ1) is 8.00. The third-order valence-corrected chi connectivity index (χ3v) is 5.02. The predicted octanol–water partition coefficient (Wildman–Crippen LogP) is 5.30. The van der Waals surface area contributed by atoms with Gasteiger partial charge < -0.3 is 0 Å². The second kappa shape index (κ2) is 5.18. The van der Waals surface area contributed by atoms with Crippen LogP contribution < -0.4 is 0 Å². The fourth-order valence-electron chi connectivity index (χ4n) is 1.27. The largest absolute Gasteiger partial charge is 0.288 e. The zero-order valence-corrected chi connectivity index (χ0v) is 12.9. The van der Waals surface area contributed by atoms with Gasteiger partial charge in [0.05, 0.1) is 15.5 Å². The van der Waals surface area contributed by atoms with E-state index in [1.807, 2.05) is 0 Å². The van der Waals surface area contributed by atoms with Gasteiger partial charge in [-0.1, -0.05) is 11.6 Å². The van der Waals surface area contributed by atoms with Crippen molar-refractivity contribution in [2.75, 3.05) is 0 Å². The minimum Gasteiger partial charge on any atom is -0.288 e. The molecule has 88 valence electrons. The molecular weight excluding hydrogens is 394 g/mol. The molecule has 2 aromatic rings. The van der Waals surface area contributed by atoms with Crippen LogP contribution in [-0.2, 0) is 0 Å². The van der Waals surface area contributed by atoms with E-state index in [9.17, 15) is 9.18 Å². The van der Waals surface area contributed by atoms with Crippen LogP contribution in [0, 0.1) is 5.82 Å². The maximum Gasteiger partial charge on any atom is 0.205 e. The molecule has 2 rings (SSSR count). The van der Waals surface area contributed by atoms with Crippen molar-refractivity contribution in [3.05, 3.63) is 53.8 Å². The highest BCUT2D eigenvalue weighted by Crippen LogP contribution is 2.30. The Bertz CT molecular complexity index is 597. The molecule has 0 N–H and O–H groups in total. The number of rotatable bonds is 2. The number of hydrogen-bond donors (Lipinski definition) is 0. The summed E-state index contributed by atoms with van der Waals surface area (Å²) in [6.45, 7) is 0. The predicted molar refractivity (Wildman–Crippen MR) is 74.6 cm³/mol. The van der Waals surface area contributed by atoms with Gasteiger partial charge in [-0.25, -0.2) is 4.39 Å². The fraction of sp³-hybridized carbons (Fsp3) is 0. The lowest BCUT2D eigenvalue weighted by Gasteiger charge is -2.03. The van der Waals surface area contributed by atoms with Gasteiger partial charge in [0, 0.05) is 14.3 Å². The SMILES string of the molecule is O=C(c1cc(Br)cs1)c1ccc(Br)c(Cl)c1F. The molecule has 1 heterocycles. The highest BCUT2D eigenvalue weighted by atomic mass is 79.9. The van der Waals surface area contributed by atoms with Crippen LogP contribution in [0.25, 0.3) is 0 Å². The molecule has 0 atom stereocenters. The molecule has 0 saturated heterocycles. The van der Waals surface area contributed by atoms with E-state index < -0.39 is 5.82 Å². The Morgan fingerprint density at radius 1 is 1.35 bits per heavy atom. The van der Waals surface area contributed by atoms with Crippen molar-refractivity contribution >= 4 is 60.6 Å². The Labute approximate surface area is 123 Å². The molecule has 0 bridgehead atoms. The summed E-state index contributed by atoms with van der Waals surface area (Å²) in [5.74, 6) is -1.07. The first-order valence-electron chi connectivity index (χ1n) is 4.43. The zero-order chi connectivity index (χ0) is 12.6. The third-order valence-electron chi connectivity index (χ3n) is 2.07. The average Bonchev–Trinajstić information content (AvgIpc) is 2.72. The summed E-state index contributed by atoms with van der Waals surface area (Å²) >= 11 is 13.3. The van der Waals surface area contributed by atoms with E-state index in [0.29, 0.717) is 9.35 Å². The van der Waals surface area contributed by atoms with Crippen LogP contribution in [0.2, 0.25) is 5.02 Å². The van der Waals surface area contributed by atoms with E-state index in [1.165, 1.54) is 17.4 Å². The summed E-state index contributed by atoms with van der Waals surface area (Å²) in [5, 5.41) is 1.69. The van der Waals surface area contributed by atoms with Gasteiger partial charge in [-0.05, 0) is 50.1 Å². The maximum atomic E-state index is 13.8. The van der Waals surface area contributed by atoms with Crippen LogP contribution in [0.3, 0.4) is 0 Å². The highest BCUT2D eigenvalue weighted by Gasteiger charge is 2.19. The summed E-state index contributed by atoms with van der Waals surface area (Å²) in [4.78, 5) is 12.5. The number of halogens is 4. The minimum absolute atomic E-state index is 0.0208. The summed E-state index contributed by atoms with van der Waals surface area (Å²) in [6.07, 6.45) is 0. The number of carbonyl (C=O) groups excluding carboxylic acids is 1. The third kappa shape index (κ3) is 2.62. The quantitative estimate of drug-likeness (QED) is 0.496. The molecule has 6 heteroatoms. The Hall–Kier alpha value is -0.230. The number of hydrogen-bond acceptors (Lipinski definition) is 2. The van der Waals surface area contributed by atoms with Gasteiger partial charge in [-0.3, -0.25) is 4.79 Å². The molecule has 1 nitrogen and oxygen atoms in total. The maximum absolute atomic E-state index is 13.8. The zero-order valence-electron chi connectivity index (χ0n) is 8.14. The van der Waals surface area contributed by atoms with E-state index >= 15 is 0 Å². The molecule has 0 spiro atoms. The van der Waals surface area contributed by atoms with Gasteiger partial charge in [0.25, 0.3) is 0 Å². The van der Waals surface area contributed by atoms with Crippen molar-refractivity contribution in [2.45, 2.75) is 0 Å². The first-order valence-corrected chi connectivity index (χ1v) is 7.27. The van der Waals surface area contributed by atoms with Gasteiger partial charge in [0.2, 0.25) is 5.78 Å². The first kappa shape index (κ1) is 13.2. The molecule has 0 unspecified atom stereocenters. The summed E-state index contributed by atoms with van der Waals surface area (Å²) < 4.78 is 15.0. The van der Waals surface area contributed by atoms with Crippen molar-refractivity contribution < 1.29 is 9.18 Å². The van der Waals surface area contributed by atoms with E-state index in [0.717, 1.165) is 4.47 Å². The monoisotopic (exact) mass is 396 g/mol. The molecule has 0 saturated carbocycles. The van der Waals surface area contributed by atoms with Crippen molar-refractivity contribution in [1.82, 2.24) is 0 Å². The van der Waals surface area contributed by atoms with E-state index in [-0.39, 0.29) is 16.4 Å². The van der Waals surface area contributed by atoms with E-state index in [1.54, 1.807) is 17.5 Å². The van der Waals surface area contributed by atoms with Crippen LogP contribution in [-0.4, -0.2) is 5.78 Å². The molecule has 0 radical (unpaired) electrons. The Morgan fingerprint density at radius 3 is 2.65 bits per heavy atom. The second-order valence-electron chi connectivity index (χ2n) is 3.18. The van der Waals surface area contributed by atoms with Crippen molar-refractivity contribution in [3.8, 4) is 0 Å². The topological polar surface area (TPSA) is 17.1 Å². The molecule has 17 heavy (non-hydrogen) atoms. The smallest absolute Gasteiger partial charge is 0.205 e. The molecule has 0 amide bonds. The summed E-state index contributed by atoms with van der Waals surface area (Å²) in [7, 11) is 0. The van der Waals surface area contributed by atoms with Gasteiger partial charge in [-0.15, -0.1) is 11.3 Å². The lowest BCUT2D eigenvalue weighted by atomic mass is 10.1.